The van der Waals surface area contributed by atoms with Gasteiger partial charge in [0.2, 0.25) is 15.9 Å². The number of H-pyrrole nitrogens is 1. The number of likely N-dealkylation sites (tertiary alicyclic amines) is 1. The number of carbonyl (C=O) groups is 2. The van der Waals surface area contributed by atoms with Gasteiger partial charge in [0.15, 0.2) is 0 Å². The van der Waals surface area contributed by atoms with E-state index in [1.54, 1.807) is 50.1 Å². The van der Waals surface area contributed by atoms with Gasteiger partial charge in [0.25, 0.3) is 5.91 Å². The van der Waals surface area contributed by atoms with E-state index < -0.39 is 10.0 Å². The highest BCUT2D eigenvalue weighted by atomic mass is 32.2. The van der Waals surface area contributed by atoms with Gasteiger partial charge < -0.3 is 19.9 Å². The van der Waals surface area contributed by atoms with Crippen LogP contribution in [0, 0.1) is 13.8 Å². The van der Waals surface area contributed by atoms with Crippen molar-refractivity contribution in [1.29, 1.82) is 0 Å². The number of ether oxygens (including phenoxy) is 1. The zero-order chi connectivity index (χ0) is 22.6. The van der Waals surface area contributed by atoms with Gasteiger partial charge in [-0.3, -0.25) is 9.59 Å². The fourth-order valence-corrected chi connectivity index (χ4v) is 5.18. The maximum absolute atomic E-state index is 13.0. The Labute approximate surface area is 182 Å². The molecule has 1 aromatic carbocycles. The van der Waals surface area contributed by atoms with Crippen molar-refractivity contribution in [2.24, 2.45) is 0 Å². The molecule has 0 atom stereocenters. The zero-order valence-corrected chi connectivity index (χ0v) is 18.8. The highest BCUT2D eigenvalue weighted by Gasteiger charge is 2.32. The van der Waals surface area contributed by atoms with Crippen molar-refractivity contribution < 1.29 is 22.7 Å². The van der Waals surface area contributed by atoms with Gasteiger partial charge in [-0.05, 0) is 51.0 Å². The molecule has 1 saturated heterocycles. The lowest BCUT2D eigenvalue weighted by molar-refractivity contribution is -0.116. The van der Waals surface area contributed by atoms with Gasteiger partial charge in [-0.1, -0.05) is 0 Å². The predicted octanol–water partition coefficient (Wildman–Crippen LogP) is 2.18. The molecule has 0 unspecified atom stereocenters. The summed E-state index contributed by atoms with van der Waals surface area (Å²) >= 11 is 0. The molecule has 10 heteroatoms. The average molecular weight is 449 g/mol. The summed E-state index contributed by atoms with van der Waals surface area (Å²) in [4.78, 5) is 29.7. The summed E-state index contributed by atoms with van der Waals surface area (Å²) < 4.78 is 33.5. The van der Waals surface area contributed by atoms with Crippen LogP contribution in [0.25, 0.3) is 0 Å². The van der Waals surface area contributed by atoms with E-state index in [2.05, 4.69) is 15.0 Å². The normalized spacial score (nSPS) is 14.0. The Bertz CT molecular complexity index is 1050. The van der Waals surface area contributed by atoms with Crippen LogP contribution in [0.5, 0.6) is 5.75 Å². The number of amides is 2. The summed E-state index contributed by atoms with van der Waals surface area (Å²) in [5.41, 5.74) is 1.68. The number of hydrogen-bond donors (Lipinski definition) is 3. The lowest BCUT2D eigenvalue weighted by Gasteiger charge is -2.17. The Morgan fingerprint density at radius 1 is 1.10 bits per heavy atom. The molecular formula is C21H28N4O5S. The van der Waals surface area contributed by atoms with Crippen LogP contribution in [0.1, 0.15) is 41.0 Å². The first-order chi connectivity index (χ1) is 14.7. The molecule has 9 nitrogen and oxygen atoms in total. The first-order valence-corrected chi connectivity index (χ1v) is 11.6. The molecule has 3 N–H and O–H groups in total. The van der Waals surface area contributed by atoms with E-state index in [0.717, 1.165) is 12.8 Å². The SMILES string of the molecule is COc1ccc(NC(=O)CCNS(=O)(=O)c2c(C)[nH]c(C)c2C(=O)N2CCCC2)cc1. The first kappa shape index (κ1) is 22.8. The van der Waals surface area contributed by atoms with Gasteiger partial charge in [0, 0.05) is 43.1 Å². The zero-order valence-electron chi connectivity index (χ0n) is 17.9. The molecule has 0 radical (unpaired) electrons. The van der Waals surface area contributed by atoms with Crippen LogP contribution in [-0.4, -0.2) is 56.9 Å². The number of hydrogen-bond acceptors (Lipinski definition) is 5. The topological polar surface area (TPSA) is 121 Å². The van der Waals surface area contributed by atoms with E-state index in [-0.39, 0.29) is 35.2 Å². The smallest absolute Gasteiger partial charge is 0.257 e. The van der Waals surface area contributed by atoms with E-state index in [9.17, 15) is 18.0 Å². The van der Waals surface area contributed by atoms with Gasteiger partial charge in [-0.2, -0.15) is 0 Å². The van der Waals surface area contributed by atoms with Crippen molar-refractivity contribution in [3.63, 3.8) is 0 Å². The monoisotopic (exact) mass is 448 g/mol. The molecule has 1 aromatic heterocycles. The minimum Gasteiger partial charge on any atom is -0.497 e. The summed E-state index contributed by atoms with van der Waals surface area (Å²) in [6.45, 7) is 4.48. The van der Waals surface area contributed by atoms with Crippen LogP contribution in [0.3, 0.4) is 0 Å². The van der Waals surface area contributed by atoms with E-state index >= 15 is 0 Å². The Morgan fingerprint density at radius 3 is 2.35 bits per heavy atom. The molecular weight excluding hydrogens is 420 g/mol. The summed E-state index contributed by atoms with van der Waals surface area (Å²) in [6.07, 6.45) is 1.78. The highest BCUT2D eigenvalue weighted by Crippen LogP contribution is 2.26. The fourth-order valence-electron chi connectivity index (χ4n) is 3.70. The number of sulfonamides is 1. The highest BCUT2D eigenvalue weighted by molar-refractivity contribution is 7.89. The molecule has 0 aliphatic carbocycles. The number of methoxy groups -OCH3 is 1. The van der Waals surface area contributed by atoms with Gasteiger partial charge in [0.05, 0.1) is 12.7 Å². The maximum atomic E-state index is 13.0. The third-order valence-electron chi connectivity index (χ3n) is 5.21. The summed E-state index contributed by atoms with van der Waals surface area (Å²) in [7, 11) is -2.43. The van der Waals surface area contributed by atoms with E-state index in [1.165, 1.54) is 0 Å². The second-order valence-corrected chi connectivity index (χ2v) is 9.21. The summed E-state index contributed by atoms with van der Waals surface area (Å²) in [5, 5.41) is 2.71. The first-order valence-electron chi connectivity index (χ1n) is 10.1. The Morgan fingerprint density at radius 2 is 1.74 bits per heavy atom. The maximum Gasteiger partial charge on any atom is 0.257 e. The molecule has 0 spiro atoms. The van der Waals surface area contributed by atoms with Crippen LogP contribution in [0.2, 0.25) is 0 Å². The molecule has 0 saturated carbocycles. The standard InChI is InChI=1S/C21H28N4O5S/c1-14-19(21(27)25-12-4-5-13-25)20(15(2)23-14)31(28,29)22-11-10-18(26)24-16-6-8-17(30-3)9-7-16/h6-9,22-23H,4-5,10-13H2,1-3H3,(H,24,26). The molecule has 0 bridgehead atoms. The number of nitrogens with zero attached hydrogens (tertiary/aromatic N) is 1. The molecule has 31 heavy (non-hydrogen) atoms. The van der Waals surface area contributed by atoms with Crippen LogP contribution < -0.4 is 14.8 Å². The number of anilines is 1. The predicted molar refractivity (Wildman–Crippen MR) is 117 cm³/mol. The van der Waals surface area contributed by atoms with Gasteiger partial charge in [-0.15, -0.1) is 0 Å². The lowest BCUT2D eigenvalue weighted by Crippen LogP contribution is -2.32. The summed E-state index contributed by atoms with van der Waals surface area (Å²) in [5.74, 6) is 0.0578. The van der Waals surface area contributed by atoms with Crippen LogP contribution in [-0.2, 0) is 14.8 Å². The van der Waals surface area contributed by atoms with Gasteiger partial charge in [-0.25, -0.2) is 13.1 Å². The molecule has 2 amide bonds. The summed E-state index contributed by atoms with van der Waals surface area (Å²) in [6, 6.07) is 6.83. The van der Waals surface area contributed by atoms with E-state index in [4.69, 9.17) is 4.74 Å². The third kappa shape index (κ3) is 5.26. The Balaban J connectivity index is 1.65. The largest absolute Gasteiger partial charge is 0.497 e. The van der Waals surface area contributed by atoms with Crippen LogP contribution in [0.15, 0.2) is 29.2 Å². The van der Waals surface area contributed by atoms with Crippen molar-refractivity contribution in [2.75, 3.05) is 32.1 Å². The molecule has 2 heterocycles. The van der Waals surface area contributed by atoms with Crippen LogP contribution >= 0.6 is 0 Å². The molecule has 1 aliphatic rings. The van der Waals surface area contributed by atoms with Crippen molar-refractivity contribution in [3.8, 4) is 5.75 Å². The number of aromatic nitrogens is 1. The van der Waals surface area contributed by atoms with Gasteiger partial charge >= 0.3 is 0 Å². The number of carbonyl (C=O) groups excluding carboxylic acids is 2. The molecule has 2 aromatic rings. The fraction of sp³-hybridized carbons (Fsp3) is 0.429. The number of aromatic amines is 1. The number of rotatable bonds is 8. The average Bonchev–Trinajstić information content (AvgIpc) is 3.36. The lowest BCUT2D eigenvalue weighted by atomic mass is 10.2. The minimum atomic E-state index is -3.98. The number of benzene rings is 1. The van der Waals surface area contributed by atoms with Crippen molar-refractivity contribution >= 4 is 27.5 Å². The number of nitrogens with one attached hydrogen (secondary N) is 3. The van der Waals surface area contributed by atoms with Crippen molar-refractivity contribution in [3.05, 3.63) is 41.2 Å². The molecule has 1 aliphatic heterocycles. The minimum absolute atomic E-state index is 0.0440. The van der Waals surface area contributed by atoms with Gasteiger partial charge in [0.1, 0.15) is 10.6 Å². The van der Waals surface area contributed by atoms with Crippen molar-refractivity contribution in [2.45, 2.75) is 38.0 Å². The second-order valence-electron chi connectivity index (χ2n) is 7.50. The van der Waals surface area contributed by atoms with E-state index in [0.29, 0.717) is 35.9 Å². The van der Waals surface area contributed by atoms with Crippen LogP contribution in [0.4, 0.5) is 5.69 Å². The molecule has 1 fully saturated rings. The quantitative estimate of drug-likeness (QED) is 0.572. The number of aryl methyl sites for hydroxylation is 2. The Hall–Kier alpha value is -2.85. The molecule has 3 rings (SSSR count). The third-order valence-corrected chi connectivity index (χ3v) is 6.84. The Kier molecular flexibility index (Phi) is 7.01. The van der Waals surface area contributed by atoms with E-state index in [1.807, 2.05) is 0 Å². The molecule has 168 valence electrons. The van der Waals surface area contributed by atoms with Crippen molar-refractivity contribution in [1.82, 2.24) is 14.6 Å². The second kappa shape index (κ2) is 9.52.